The Morgan fingerprint density at radius 2 is 1.55 bits per heavy atom. The first kappa shape index (κ1) is 12.9. The third-order valence-corrected chi connectivity index (χ3v) is 3.65. The molecule has 2 N–H and O–H groups in total. The normalized spacial score (nSPS) is 15.7. The number of hydrogen-bond donors (Lipinski definition) is 2. The van der Waals surface area contributed by atoms with Crippen LogP contribution in [0.25, 0.3) is 0 Å². The first-order valence-electron chi connectivity index (χ1n) is 7.04. The Bertz CT molecular complexity index is 559. The summed E-state index contributed by atoms with van der Waals surface area (Å²) in [6, 6.07) is 15.2. The van der Waals surface area contributed by atoms with Gasteiger partial charge in [0.25, 0.3) is 0 Å². The van der Waals surface area contributed by atoms with Crippen molar-refractivity contribution in [1.82, 2.24) is 0 Å². The van der Waals surface area contributed by atoms with E-state index >= 15 is 0 Å². The lowest BCUT2D eigenvalue weighted by Crippen LogP contribution is -2.16. The molecule has 1 atom stereocenters. The zero-order chi connectivity index (χ0) is 13.9. The molecule has 1 aliphatic carbocycles. The number of phenolic OH excluding ortho intramolecular Hbond substituents is 1. The van der Waals surface area contributed by atoms with Crippen LogP contribution >= 0.6 is 0 Å². The molecule has 0 bridgehead atoms. The van der Waals surface area contributed by atoms with Crippen molar-refractivity contribution < 1.29 is 9.84 Å². The third kappa shape index (κ3) is 3.23. The van der Waals surface area contributed by atoms with Gasteiger partial charge in [-0.2, -0.15) is 0 Å². The second kappa shape index (κ2) is 5.45. The third-order valence-electron chi connectivity index (χ3n) is 3.65. The molecule has 1 aliphatic rings. The van der Waals surface area contributed by atoms with E-state index in [0.717, 1.165) is 23.1 Å². The van der Waals surface area contributed by atoms with Gasteiger partial charge in [-0.3, -0.25) is 0 Å². The molecule has 1 unspecified atom stereocenters. The molecule has 2 aromatic carbocycles. The topological polar surface area (TPSA) is 41.5 Å². The summed E-state index contributed by atoms with van der Waals surface area (Å²) in [7, 11) is 0. The highest BCUT2D eigenvalue weighted by atomic mass is 16.5. The van der Waals surface area contributed by atoms with Crippen molar-refractivity contribution >= 4 is 5.69 Å². The molecule has 1 fully saturated rings. The van der Waals surface area contributed by atoms with Gasteiger partial charge in [-0.1, -0.05) is 0 Å². The van der Waals surface area contributed by atoms with Crippen LogP contribution < -0.4 is 10.1 Å². The highest BCUT2D eigenvalue weighted by molar-refractivity contribution is 5.48. The van der Waals surface area contributed by atoms with Crippen molar-refractivity contribution in [2.24, 2.45) is 5.92 Å². The SMILES string of the molecule is CC(Nc1ccc(Oc2ccc(O)cc2)cc1)C1CC1. The Kier molecular flexibility index (Phi) is 3.50. The maximum absolute atomic E-state index is 9.23. The van der Waals surface area contributed by atoms with Crippen LogP contribution in [-0.4, -0.2) is 11.1 Å². The molecule has 0 aliphatic heterocycles. The zero-order valence-electron chi connectivity index (χ0n) is 11.5. The van der Waals surface area contributed by atoms with Gasteiger partial charge >= 0.3 is 0 Å². The summed E-state index contributed by atoms with van der Waals surface area (Å²) in [6.45, 7) is 2.23. The van der Waals surface area contributed by atoms with Gasteiger partial charge in [0, 0.05) is 11.7 Å². The number of aromatic hydroxyl groups is 1. The molecular weight excluding hydrogens is 250 g/mol. The maximum atomic E-state index is 9.23. The van der Waals surface area contributed by atoms with Gasteiger partial charge in [-0.15, -0.1) is 0 Å². The fourth-order valence-corrected chi connectivity index (χ4v) is 2.25. The van der Waals surface area contributed by atoms with Gasteiger partial charge in [0.05, 0.1) is 0 Å². The first-order chi connectivity index (χ1) is 9.70. The fraction of sp³-hybridized carbons (Fsp3) is 0.294. The summed E-state index contributed by atoms with van der Waals surface area (Å²) in [5.41, 5.74) is 1.13. The van der Waals surface area contributed by atoms with Crippen molar-refractivity contribution in [3.63, 3.8) is 0 Å². The van der Waals surface area contributed by atoms with Gasteiger partial charge < -0.3 is 15.2 Å². The molecule has 0 heterocycles. The predicted molar refractivity (Wildman–Crippen MR) is 80.4 cm³/mol. The van der Waals surface area contributed by atoms with Crippen LogP contribution in [0.1, 0.15) is 19.8 Å². The van der Waals surface area contributed by atoms with Gasteiger partial charge in [0.2, 0.25) is 0 Å². The van der Waals surface area contributed by atoms with Crippen molar-refractivity contribution in [3.05, 3.63) is 48.5 Å². The predicted octanol–water partition coefficient (Wildman–Crippen LogP) is 4.39. The van der Waals surface area contributed by atoms with E-state index in [-0.39, 0.29) is 5.75 Å². The van der Waals surface area contributed by atoms with Crippen LogP contribution in [0.5, 0.6) is 17.2 Å². The van der Waals surface area contributed by atoms with Crippen molar-refractivity contribution in [2.45, 2.75) is 25.8 Å². The number of nitrogens with one attached hydrogen (secondary N) is 1. The average Bonchev–Trinajstić information content (AvgIpc) is 3.28. The largest absolute Gasteiger partial charge is 0.508 e. The van der Waals surface area contributed by atoms with E-state index in [1.54, 1.807) is 24.3 Å². The summed E-state index contributed by atoms with van der Waals surface area (Å²) in [4.78, 5) is 0. The summed E-state index contributed by atoms with van der Waals surface area (Å²) in [5.74, 6) is 2.59. The lowest BCUT2D eigenvalue weighted by molar-refractivity contribution is 0.464. The molecule has 0 amide bonds. The summed E-state index contributed by atoms with van der Waals surface area (Å²) in [6.07, 6.45) is 2.69. The Balaban J connectivity index is 1.61. The van der Waals surface area contributed by atoms with Gasteiger partial charge in [-0.05, 0) is 74.2 Å². The molecule has 3 nitrogen and oxygen atoms in total. The molecular formula is C17H19NO2. The molecule has 0 aromatic heterocycles. The zero-order valence-corrected chi connectivity index (χ0v) is 11.5. The Hall–Kier alpha value is -2.16. The second-order valence-corrected chi connectivity index (χ2v) is 5.39. The minimum absolute atomic E-state index is 0.242. The minimum atomic E-state index is 0.242. The van der Waals surface area contributed by atoms with Gasteiger partial charge in [0.1, 0.15) is 17.2 Å². The Morgan fingerprint density at radius 1 is 1.00 bits per heavy atom. The molecule has 3 heteroatoms. The van der Waals surface area contributed by atoms with E-state index in [1.165, 1.54) is 12.8 Å². The highest BCUT2D eigenvalue weighted by Gasteiger charge is 2.27. The molecule has 104 valence electrons. The van der Waals surface area contributed by atoms with Gasteiger partial charge in [0.15, 0.2) is 0 Å². The average molecular weight is 269 g/mol. The quantitative estimate of drug-likeness (QED) is 0.845. The standard InChI is InChI=1S/C17H19NO2/c1-12(13-2-3-13)18-14-4-8-16(9-5-14)20-17-10-6-15(19)7-11-17/h4-13,18-19H,2-3H2,1H3. The van der Waals surface area contributed by atoms with E-state index in [9.17, 15) is 5.11 Å². The van der Waals surface area contributed by atoms with Crippen LogP contribution in [0.2, 0.25) is 0 Å². The first-order valence-corrected chi connectivity index (χ1v) is 7.04. The van der Waals surface area contributed by atoms with E-state index in [1.807, 2.05) is 24.3 Å². The molecule has 0 saturated heterocycles. The summed E-state index contributed by atoms with van der Waals surface area (Å²) >= 11 is 0. The van der Waals surface area contributed by atoms with Crippen molar-refractivity contribution in [2.75, 3.05) is 5.32 Å². The lowest BCUT2D eigenvalue weighted by atomic mass is 10.2. The number of ether oxygens (including phenoxy) is 1. The molecule has 0 spiro atoms. The van der Waals surface area contributed by atoms with E-state index in [0.29, 0.717) is 6.04 Å². The monoisotopic (exact) mass is 269 g/mol. The summed E-state index contributed by atoms with van der Waals surface area (Å²) in [5, 5.41) is 12.7. The lowest BCUT2D eigenvalue weighted by Gasteiger charge is -2.14. The smallest absolute Gasteiger partial charge is 0.127 e. The van der Waals surface area contributed by atoms with E-state index < -0.39 is 0 Å². The number of rotatable bonds is 5. The van der Waals surface area contributed by atoms with Crippen molar-refractivity contribution in [3.8, 4) is 17.2 Å². The second-order valence-electron chi connectivity index (χ2n) is 5.39. The minimum Gasteiger partial charge on any atom is -0.508 e. The van der Waals surface area contributed by atoms with Gasteiger partial charge in [-0.25, -0.2) is 0 Å². The highest BCUT2D eigenvalue weighted by Crippen LogP contribution is 2.34. The molecule has 1 saturated carbocycles. The molecule has 0 radical (unpaired) electrons. The maximum Gasteiger partial charge on any atom is 0.127 e. The van der Waals surface area contributed by atoms with Crippen LogP contribution in [0.3, 0.4) is 0 Å². The number of anilines is 1. The van der Waals surface area contributed by atoms with Crippen LogP contribution in [0.4, 0.5) is 5.69 Å². The Labute approximate surface area is 119 Å². The molecule has 3 rings (SSSR count). The number of hydrogen-bond acceptors (Lipinski definition) is 3. The molecule has 2 aromatic rings. The molecule has 20 heavy (non-hydrogen) atoms. The fourth-order valence-electron chi connectivity index (χ4n) is 2.25. The van der Waals surface area contributed by atoms with Crippen molar-refractivity contribution in [1.29, 1.82) is 0 Å². The van der Waals surface area contributed by atoms with Crippen LogP contribution in [-0.2, 0) is 0 Å². The van der Waals surface area contributed by atoms with E-state index in [4.69, 9.17) is 4.74 Å². The number of phenols is 1. The number of benzene rings is 2. The van der Waals surface area contributed by atoms with Crippen LogP contribution in [0.15, 0.2) is 48.5 Å². The van der Waals surface area contributed by atoms with Crippen LogP contribution in [0, 0.1) is 5.92 Å². The Morgan fingerprint density at radius 3 is 2.10 bits per heavy atom. The summed E-state index contributed by atoms with van der Waals surface area (Å²) < 4.78 is 5.71. The van der Waals surface area contributed by atoms with E-state index in [2.05, 4.69) is 12.2 Å².